The number of furan rings is 1. The van der Waals surface area contributed by atoms with Crippen LogP contribution in [0.5, 0.6) is 11.5 Å². The predicted molar refractivity (Wildman–Crippen MR) is 244 cm³/mol. The van der Waals surface area contributed by atoms with Crippen LogP contribution in [-0.4, -0.2) is 15.0 Å². The number of para-hydroxylation sites is 2. The maximum Gasteiger partial charge on any atom is 0.164 e. The first-order valence-corrected chi connectivity index (χ1v) is 20.6. The first-order chi connectivity index (χ1) is 30.2. The molecule has 1 aliphatic carbocycles. The van der Waals surface area contributed by atoms with Gasteiger partial charge in [-0.2, -0.15) is 0 Å². The van der Waals surface area contributed by atoms with E-state index in [9.17, 15) is 0 Å². The Morgan fingerprint density at radius 1 is 0.344 bits per heavy atom. The Balaban J connectivity index is 1.12. The van der Waals surface area contributed by atoms with Crippen molar-refractivity contribution in [3.8, 4) is 67.9 Å². The van der Waals surface area contributed by atoms with Gasteiger partial charge in [0.1, 0.15) is 22.7 Å². The number of nitrogens with zero attached hydrogens (tertiary/aromatic N) is 3. The SMILES string of the molecule is c1ccc(-c2nc(-c3ccc4c(c3)-c3ccccc3-c3ccccc3C43c4ccccc4Oc4cc5ccccc5cc43)nc(-c3cccc4oc5ccccc5c34)n2)cc1. The number of fused-ring (bicyclic) bond motifs is 15. The molecule has 1 unspecified atom stereocenters. The van der Waals surface area contributed by atoms with Crippen LogP contribution in [0.1, 0.15) is 22.3 Å². The van der Waals surface area contributed by atoms with Crippen molar-refractivity contribution < 1.29 is 9.15 Å². The van der Waals surface area contributed by atoms with E-state index in [-0.39, 0.29) is 0 Å². The molecule has 0 amide bonds. The summed E-state index contributed by atoms with van der Waals surface area (Å²) in [6.07, 6.45) is 0. The predicted octanol–water partition coefficient (Wildman–Crippen LogP) is 14.1. The van der Waals surface area contributed by atoms with Gasteiger partial charge in [0.2, 0.25) is 0 Å². The van der Waals surface area contributed by atoms with E-state index in [4.69, 9.17) is 24.1 Å². The second-order valence-corrected chi connectivity index (χ2v) is 15.8. The Morgan fingerprint density at radius 2 is 0.951 bits per heavy atom. The number of ether oxygens (including phenoxy) is 1. The van der Waals surface area contributed by atoms with Crippen LogP contribution < -0.4 is 4.74 Å². The molecule has 2 aromatic heterocycles. The fraction of sp³-hybridized carbons (Fsp3) is 0.0179. The summed E-state index contributed by atoms with van der Waals surface area (Å²) in [4.78, 5) is 15.7. The van der Waals surface area contributed by atoms with Crippen molar-refractivity contribution in [2.75, 3.05) is 0 Å². The lowest BCUT2D eigenvalue weighted by atomic mass is 9.62. The molecule has 0 radical (unpaired) electrons. The molecule has 11 aromatic rings. The summed E-state index contributed by atoms with van der Waals surface area (Å²) < 4.78 is 13.2. The van der Waals surface area contributed by atoms with Gasteiger partial charge < -0.3 is 9.15 Å². The van der Waals surface area contributed by atoms with E-state index in [2.05, 4.69) is 152 Å². The summed E-state index contributed by atoms with van der Waals surface area (Å²) in [7, 11) is 0. The van der Waals surface area contributed by atoms with E-state index in [0.29, 0.717) is 17.5 Å². The molecule has 0 N–H and O–H groups in total. The van der Waals surface area contributed by atoms with Crippen molar-refractivity contribution in [2.45, 2.75) is 5.41 Å². The monoisotopic (exact) mass is 779 g/mol. The number of aromatic nitrogens is 3. The first kappa shape index (κ1) is 33.8. The summed E-state index contributed by atoms with van der Waals surface area (Å²) in [6, 6.07) is 70.5. The van der Waals surface area contributed by atoms with E-state index >= 15 is 0 Å². The highest BCUT2D eigenvalue weighted by molar-refractivity contribution is 6.11. The van der Waals surface area contributed by atoms with E-state index < -0.39 is 5.41 Å². The van der Waals surface area contributed by atoms with E-state index in [0.717, 1.165) is 88.7 Å². The standard InChI is InChI=1S/C56H33N3O2/c1-2-15-34(16-3-1)53-57-54(59-55(58-53)42-23-14-28-50-52(42)41-22-9-12-26-48(41)60-50)37-29-30-45-43(31-37)39-20-7-6-19-38(39)40-21-8-10-24-44(40)56(45)46-25-11-13-27-49(46)61-51-33-36-18-5-4-17-35(36)32-47(51)56/h1-33H. The molecule has 9 aromatic carbocycles. The smallest absolute Gasteiger partial charge is 0.164 e. The van der Waals surface area contributed by atoms with Crippen molar-refractivity contribution in [3.63, 3.8) is 0 Å². The summed E-state index contributed by atoms with van der Waals surface area (Å²) in [5, 5.41) is 4.30. The molecule has 13 rings (SSSR count). The van der Waals surface area contributed by atoms with Crippen LogP contribution >= 0.6 is 0 Å². The molecular formula is C56H33N3O2. The van der Waals surface area contributed by atoms with Gasteiger partial charge in [-0.05, 0) is 80.6 Å². The molecule has 5 nitrogen and oxygen atoms in total. The third-order valence-corrected chi connectivity index (χ3v) is 12.6. The number of benzene rings is 9. The van der Waals surface area contributed by atoms with E-state index in [1.807, 2.05) is 48.5 Å². The zero-order chi connectivity index (χ0) is 40.1. The lowest BCUT2D eigenvalue weighted by molar-refractivity contribution is 0.436. The van der Waals surface area contributed by atoms with Crippen LogP contribution in [0.25, 0.3) is 89.1 Å². The molecule has 0 saturated carbocycles. The number of rotatable bonds is 3. The Bertz CT molecular complexity index is 3590. The van der Waals surface area contributed by atoms with E-state index in [1.54, 1.807) is 0 Å². The van der Waals surface area contributed by atoms with E-state index in [1.165, 1.54) is 16.7 Å². The topological polar surface area (TPSA) is 61.0 Å². The molecule has 1 spiro atoms. The highest BCUT2D eigenvalue weighted by atomic mass is 16.5. The van der Waals surface area contributed by atoms with Gasteiger partial charge in [-0.25, -0.2) is 15.0 Å². The van der Waals surface area contributed by atoms with Gasteiger partial charge in [-0.3, -0.25) is 0 Å². The van der Waals surface area contributed by atoms with Gasteiger partial charge >= 0.3 is 0 Å². The largest absolute Gasteiger partial charge is 0.457 e. The number of hydrogen-bond acceptors (Lipinski definition) is 5. The molecule has 0 bridgehead atoms. The second kappa shape index (κ2) is 12.9. The highest BCUT2D eigenvalue weighted by Gasteiger charge is 2.49. The Kier molecular flexibility index (Phi) is 7.16. The van der Waals surface area contributed by atoms with Gasteiger partial charge in [0, 0.05) is 38.6 Å². The van der Waals surface area contributed by atoms with Crippen LogP contribution in [0.3, 0.4) is 0 Å². The third kappa shape index (κ3) is 4.92. The molecule has 0 saturated heterocycles. The van der Waals surface area contributed by atoms with Crippen LogP contribution in [0.2, 0.25) is 0 Å². The summed E-state index contributed by atoms with van der Waals surface area (Å²) >= 11 is 0. The molecule has 3 heterocycles. The van der Waals surface area contributed by atoms with Crippen molar-refractivity contribution >= 4 is 32.7 Å². The fourth-order valence-electron chi connectivity index (χ4n) is 9.99. The average Bonchev–Trinajstić information content (AvgIpc) is 3.67. The van der Waals surface area contributed by atoms with Gasteiger partial charge in [-0.15, -0.1) is 0 Å². The molecule has 1 atom stereocenters. The minimum Gasteiger partial charge on any atom is -0.457 e. The molecule has 284 valence electrons. The fourth-order valence-corrected chi connectivity index (χ4v) is 9.99. The maximum atomic E-state index is 6.88. The van der Waals surface area contributed by atoms with Crippen molar-refractivity contribution in [2.24, 2.45) is 0 Å². The molecule has 5 heteroatoms. The Morgan fingerprint density at radius 3 is 1.80 bits per heavy atom. The number of hydrogen-bond donors (Lipinski definition) is 0. The van der Waals surface area contributed by atoms with Gasteiger partial charge in [-0.1, -0.05) is 164 Å². The van der Waals surface area contributed by atoms with Crippen molar-refractivity contribution in [1.82, 2.24) is 15.0 Å². The Labute approximate surface area is 351 Å². The molecular weight excluding hydrogens is 747 g/mol. The molecule has 61 heavy (non-hydrogen) atoms. The summed E-state index contributed by atoms with van der Waals surface area (Å²) in [6.45, 7) is 0. The average molecular weight is 780 g/mol. The van der Waals surface area contributed by atoms with Gasteiger partial charge in [0.05, 0.1) is 5.41 Å². The lowest BCUT2D eigenvalue weighted by Crippen LogP contribution is -2.34. The molecule has 0 fully saturated rings. The quantitative estimate of drug-likeness (QED) is 0.179. The van der Waals surface area contributed by atoms with Crippen LogP contribution in [0.15, 0.2) is 205 Å². The van der Waals surface area contributed by atoms with Crippen LogP contribution in [-0.2, 0) is 5.41 Å². The lowest BCUT2D eigenvalue weighted by Gasteiger charge is -2.42. The van der Waals surface area contributed by atoms with Gasteiger partial charge in [0.15, 0.2) is 17.5 Å². The third-order valence-electron chi connectivity index (χ3n) is 12.6. The summed E-state index contributed by atoms with van der Waals surface area (Å²) in [5.74, 6) is 3.46. The molecule has 2 aliphatic rings. The second-order valence-electron chi connectivity index (χ2n) is 15.8. The normalized spacial score (nSPS) is 14.8. The minimum absolute atomic E-state index is 0.583. The summed E-state index contributed by atoms with van der Waals surface area (Å²) in [5.41, 5.74) is 12.7. The van der Waals surface area contributed by atoms with Crippen LogP contribution in [0, 0.1) is 0 Å². The van der Waals surface area contributed by atoms with Crippen LogP contribution in [0.4, 0.5) is 0 Å². The maximum absolute atomic E-state index is 6.88. The zero-order valence-corrected chi connectivity index (χ0v) is 32.7. The highest BCUT2D eigenvalue weighted by Crippen LogP contribution is 2.61. The van der Waals surface area contributed by atoms with Crippen molar-refractivity contribution in [1.29, 1.82) is 0 Å². The zero-order valence-electron chi connectivity index (χ0n) is 32.7. The molecule has 1 aliphatic heterocycles. The minimum atomic E-state index is -0.741. The Hall–Kier alpha value is -8.15. The van der Waals surface area contributed by atoms with Gasteiger partial charge in [0.25, 0.3) is 0 Å². The first-order valence-electron chi connectivity index (χ1n) is 20.6. The van der Waals surface area contributed by atoms with Crippen molar-refractivity contribution in [3.05, 3.63) is 222 Å².